The number of aromatic nitrogens is 1. The molecule has 0 saturated heterocycles. The van der Waals surface area contributed by atoms with Crippen molar-refractivity contribution in [3.05, 3.63) is 120 Å². The van der Waals surface area contributed by atoms with Gasteiger partial charge >= 0.3 is 5.97 Å². The molecule has 0 bridgehead atoms. The molecule has 188 valence electrons. The average Bonchev–Trinajstić information content (AvgIpc) is 3.57. The van der Waals surface area contributed by atoms with Crippen LogP contribution in [0.1, 0.15) is 35.4 Å². The maximum absolute atomic E-state index is 11.9. The van der Waals surface area contributed by atoms with Gasteiger partial charge in [0, 0.05) is 41.7 Å². The topological polar surface area (TPSA) is 77.5 Å². The molecule has 0 fully saturated rings. The van der Waals surface area contributed by atoms with Gasteiger partial charge in [0.15, 0.2) is 0 Å². The van der Waals surface area contributed by atoms with Crippen LogP contribution in [0.25, 0.3) is 10.9 Å². The maximum atomic E-state index is 11.9. The summed E-state index contributed by atoms with van der Waals surface area (Å²) in [4.78, 5) is 20.1. The number of benzene rings is 3. The van der Waals surface area contributed by atoms with Crippen LogP contribution >= 0.6 is 0 Å². The van der Waals surface area contributed by atoms with Gasteiger partial charge in [-0.15, -0.1) is 0 Å². The number of allylic oxidation sites excluding steroid dienone is 1. The molecule has 2 unspecified atom stereocenters. The van der Waals surface area contributed by atoms with Crippen molar-refractivity contribution < 1.29 is 9.90 Å². The van der Waals surface area contributed by atoms with Crippen molar-refractivity contribution in [3.8, 4) is 0 Å². The van der Waals surface area contributed by atoms with Crippen LogP contribution in [-0.4, -0.2) is 40.9 Å². The Bertz CT molecular complexity index is 1320. The van der Waals surface area contributed by atoms with Crippen LogP contribution in [0.15, 0.2) is 108 Å². The third-order valence-corrected chi connectivity index (χ3v) is 7.51. The molecular weight excluding hydrogens is 458 g/mol. The maximum Gasteiger partial charge on any atom is 0.303 e. The summed E-state index contributed by atoms with van der Waals surface area (Å²) in [5.41, 5.74) is 4.22. The number of rotatable bonds is 12. The lowest BCUT2D eigenvalue weighted by molar-refractivity contribution is -0.138. The van der Waals surface area contributed by atoms with E-state index in [-0.39, 0.29) is 18.3 Å². The van der Waals surface area contributed by atoms with Crippen molar-refractivity contribution in [2.45, 2.75) is 30.7 Å². The van der Waals surface area contributed by atoms with Crippen LogP contribution in [0.5, 0.6) is 0 Å². The number of aliphatic carboxylic acids is 1. The van der Waals surface area contributed by atoms with Crippen LogP contribution in [0.2, 0.25) is 0 Å². The minimum atomic E-state index is -0.791. The zero-order valence-corrected chi connectivity index (χ0v) is 20.9. The first-order valence-corrected chi connectivity index (χ1v) is 12.9. The van der Waals surface area contributed by atoms with Gasteiger partial charge in [0.1, 0.15) is 0 Å². The molecule has 5 rings (SSSR count). The molecule has 2 atom stereocenters. The Morgan fingerprint density at radius 2 is 1.62 bits per heavy atom. The summed E-state index contributed by atoms with van der Waals surface area (Å²) in [6.07, 6.45) is 9.34. The number of aliphatic imine (C=N–C) groups is 1. The van der Waals surface area contributed by atoms with Crippen molar-refractivity contribution in [2.75, 3.05) is 13.1 Å². The van der Waals surface area contributed by atoms with Crippen LogP contribution in [0, 0.1) is 5.92 Å². The van der Waals surface area contributed by atoms with E-state index >= 15 is 0 Å². The Balaban J connectivity index is 1.31. The number of para-hydroxylation sites is 1. The van der Waals surface area contributed by atoms with Crippen molar-refractivity contribution in [3.63, 3.8) is 0 Å². The lowest BCUT2D eigenvalue weighted by atomic mass is 9.76. The highest BCUT2D eigenvalue weighted by molar-refractivity contribution is 5.83. The monoisotopic (exact) mass is 491 g/mol. The van der Waals surface area contributed by atoms with E-state index in [0.29, 0.717) is 6.42 Å². The van der Waals surface area contributed by atoms with Gasteiger partial charge < -0.3 is 15.4 Å². The third kappa shape index (κ3) is 5.73. The molecular formula is C32H33N3O2. The predicted molar refractivity (Wildman–Crippen MR) is 150 cm³/mol. The molecule has 4 aromatic rings. The molecule has 37 heavy (non-hydrogen) atoms. The van der Waals surface area contributed by atoms with Crippen LogP contribution < -0.4 is 5.32 Å². The molecule has 1 aromatic heterocycles. The van der Waals surface area contributed by atoms with E-state index in [1.165, 1.54) is 11.1 Å². The first-order valence-electron chi connectivity index (χ1n) is 12.9. The number of H-pyrrole nitrogens is 1. The van der Waals surface area contributed by atoms with Crippen LogP contribution in [0.3, 0.4) is 0 Å². The molecule has 1 aliphatic heterocycles. The van der Waals surface area contributed by atoms with Crippen molar-refractivity contribution in [1.82, 2.24) is 10.3 Å². The normalized spacial score (nSPS) is 17.5. The lowest BCUT2D eigenvalue weighted by Gasteiger charge is -2.33. The van der Waals surface area contributed by atoms with Gasteiger partial charge in [-0.2, -0.15) is 0 Å². The van der Waals surface area contributed by atoms with E-state index in [4.69, 9.17) is 4.99 Å². The third-order valence-electron chi connectivity index (χ3n) is 7.51. The van der Waals surface area contributed by atoms with E-state index in [2.05, 4.69) is 71.0 Å². The standard InChI is InChI=1S/C32H33N3O2/c36-31(37)21-27(20-26-22-34-30-15-8-7-14-28(26)30)32(16-9-18-35-32)17-19-33-23-29(24-10-3-1-4-11-24)25-12-5-2-6-13-25/h1-16,18,22,27,29,33-34H,17,19-21,23H2,(H,36,37). The number of carboxylic acid groups (broad SMARTS) is 1. The molecule has 3 N–H and O–H groups in total. The zero-order chi connectivity index (χ0) is 25.5. The van der Waals surface area contributed by atoms with Gasteiger partial charge in [-0.25, -0.2) is 0 Å². The van der Waals surface area contributed by atoms with E-state index in [1.807, 2.05) is 48.8 Å². The smallest absolute Gasteiger partial charge is 0.303 e. The molecule has 0 amide bonds. The Kier molecular flexibility index (Phi) is 7.62. The van der Waals surface area contributed by atoms with Crippen LogP contribution in [-0.2, 0) is 11.2 Å². The number of fused-ring (bicyclic) bond motifs is 1. The fourth-order valence-electron chi connectivity index (χ4n) is 5.56. The van der Waals surface area contributed by atoms with Gasteiger partial charge in [0.05, 0.1) is 12.0 Å². The Labute approximate surface area is 218 Å². The molecule has 0 saturated carbocycles. The summed E-state index contributed by atoms with van der Waals surface area (Å²) in [6, 6.07) is 29.3. The Hall–Kier alpha value is -3.96. The summed E-state index contributed by atoms with van der Waals surface area (Å²) in [7, 11) is 0. The molecule has 3 aromatic carbocycles. The van der Waals surface area contributed by atoms with Gasteiger partial charge in [-0.3, -0.25) is 9.79 Å². The Morgan fingerprint density at radius 1 is 0.946 bits per heavy atom. The quantitative estimate of drug-likeness (QED) is 0.213. The van der Waals surface area contributed by atoms with Crippen LogP contribution in [0.4, 0.5) is 0 Å². The highest BCUT2D eigenvalue weighted by Crippen LogP contribution is 2.36. The van der Waals surface area contributed by atoms with Gasteiger partial charge in [0.25, 0.3) is 0 Å². The first kappa shape index (κ1) is 24.7. The largest absolute Gasteiger partial charge is 0.481 e. The second-order valence-corrected chi connectivity index (χ2v) is 9.81. The number of hydrogen-bond donors (Lipinski definition) is 3. The average molecular weight is 492 g/mol. The molecule has 0 spiro atoms. The first-order chi connectivity index (χ1) is 18.1. The van der Waals surface area contributed by atoms with Crippen molar-refractivity contribution in [1.29, 1.82) is 0 Å². The summed E-state index contributed by atoms with van der Waals surface area (Å²) in [6.45, 7) is 1.53. The van der Waals surface area contributed by atoms with Crippen molar-refractivity contribution in [2.24, 2.45) is 10.9 Å². The number of aromatic amines is 1. The van der Waals surface area contributed by atoms with E-state index in [0.717, 1.165) is 36.0 Å². The van der Waals surface area contributed by atoms with Crippen molar-refractivity contribution >= 4 is 23.1 Å². The molecule has 5 heteroatoms. The molecule has 0 radical (unpaired) electrons. The molecule has 5 nitrogen and oxygen atoms in total. The summed E-state index contributed by atoms with van der Waals surface area (Å²) < 4.78 is 0. The minimum absolute atomic E-state index is 0.0673. The summed E-state index contributed by atoms with van der Waals surface area (Å²) in [5, 5.41) is 14.6. The SMILES string of the molecule is O=C(O)CC(Cc1c[nH]c2ccccc12)C1(CCNCC(c2ccccc2)c2ccccc2)C=CC=N1. The number of nitrogens with one attached hydrogen (secondary N) is 2. The number of carbonyl (C=O) groups is 1. The Morgan fingerprint density at radius 3 is 2.27 bits per heavy atom. The predicted octanol–water partition coefficient (Wildman–Crippen LogP) is 5.99. The fraction of sp³-hybridized carbons (Fsp3) is 0.250. The zero-order valence-electron chi connectivity index (χ0n) is 20.9. The molecule has 1 aliphatic rings. The minimum Gasteiger partial charge on any atom is -0.481 e. The van der Waals surface area contributed by atoms with E-state index in [9.17, 15) is 9.90 Å². The number of nitrogens with zero attached hydrogens (tertiary/aromatic N) is 1. The molecule has 0 aliphatic carbocycles. The van der Waals surface area contributed by atoms with E-state index in [1.54, 1.807) is 0 Å². The van der Waals surface area contributed by atoms with Gasteiger partial charge in [-0.05, 0) is 48.2 Å². The molecule has 2 heterocycles. The lowest BCUT2D eigenvalue weighted by Crippen LogP contribution is -2.39. The highest BCUT2D eigenvalue weighted by atomic mass is 16.4. The number of carboxylic acids is 1. The van der Waals surface area contributed by atoms with Gasteiger partial charge in [0.2, 0.25) is 0 Å². The highest BCUT2D eigenvalue weighted by Gasteiger charge is 2.38. The second-order valence-electron chi connectivity index (χ2n) is 9.81. The fourth-order valence-corrected chi connectivity index (χ4v) is 5.56. The van der Waals surface area contributed by atoms with E-state index < -0.39 is 11.5 Å². The summed E-state index contributed by atoms with van der Waals surface area (Å²) in [5.74, 6) is -0.706. The number of hydrogen-bond acceptors (Lipinski definition) is 3. The van der Waals surface area contributed by atoms with Gasteiger partial charge in [-0.1, -0.05) is 84.9 Å². The second kappa shape index (κ2) is 11.4. The summed E-state index contributed by atoms with van der Waals surface area (Å²) >= 11 is 0.